The van der Waals surface area contributed by atoms with Crippen molar-refractivity contribution in [1.29, 1.82) is 0 Å². The SMILES string of the molecule is CC(=O)N[C@@H](C)C(=O)Nc1ccc(C=Cc2ccc(NC(=O)[C@@H]3CCCN3C(=O)Cc3ccccc3)cc2)cc1. The fourth-order valence-electron chi connectivity index (χ4n) is 4.60. The predicted molar refractivity (Wildman–Crippen MR) is 157 cm³/mol. The van der Waals surface area contributed by atoms with Gasteiger partial charge in [-0.2, -0.15) is 0 Å². The molecule has 1 fully saturated rings. The third-order valence-electron chi connectivity index (χ3n) is 6.71. The van der Waals surface area contributed by atoms with Gasteiger partial charge < -0.3 is 20.9 Å². The summed E-state index contributed by atoms with van der Waals surface area (Å²) >= 11 is 0. The number of rotatable bonds is 9. The van der Waals surface area contributed by atoms with Crippen molar-refractivity contribution < 1.29 is 19.2 Å². The van der Waals surface area contributed by atoms with E-state index in [1.807, 2.05) is 78.9 Å². The first-order valence-corrected chi connectivity index (χ1v) is 13.4. The van der Waals surface area contributed by atoms with Crippen LogP contribution < -0.4 is 16.0 Å². The standard InChI is InChI=1S/C32H34N4O4/c1-22(33-23(2)37)31(39)34-27-16-12-24(13-17-27)10-11-25-14-18-28(19-15-25)35-32(40)29-9-6-20-36(29)30(38)21-26-7-4-3-5-8-26/h3-5,7-8,10-19,22,29H,6,9,20-21H2,1-2H3,(H,33,37)(H,34,39)(H,35,40)/t22-,29-/m0/s1. The maximum atomic E-state index is 13.0. The van der Waals surface area contributed by atoms with E-state index < -0.39 is 12.1 Å². The molecule has 1 aliphatic rings. The summed E-state index contributed by atoms with van der Waals surface area (Å²) in [5.41, 5.74) is 4.17. The Hall–Kier alpha value is -4.72. The molecule has 0 aromatic heterocycles. The van der Waals surface area contributed by atoms with Gasteiger partial charge in [0, 0.05) is 24.8 Å². The topological polar surface area (TPSA) is 108 Å². The summed E-state index contributed by atoms with van der Waals surface area (Å²) < 4.78 is 0. The normalized spacial score (nSPS) is 15.4. The van der Waals surface area contributed by atoms with E-state index in [1.165, 1.54) is 6.92 Å². The molecule has 206 valence electrons. The van der Waals surface area contributed by atoms with Crippen LogP contribution in [0.4, 0.5) is 11.4 Å². The van der Waals surface area contributed by atoms with E-state index in [0.29, 0.717) is 30.8 Å². The summed E-state index contributed by atoms with van der Waals surface area (Å²) in [7, 11) is 0. The number of benzene rings is 3. The highest BCUT2D eigenvalue weighted by molar-refractivity contribution is 5.98. The number of likely N-dealkylation sites (tertiary alicyclic amines) is 1. The number of nitrogens with one attached hydrogen (secondary N) is 3. The Balaban J connectivity index is 1.29. The van der Waals surface area contributed by atoms with Gasteiger partial charge in [0.15, 0.2) is 0 Å². The lowest BCUT2D eigenvalue weighted by molar-refractivity contribution is -0.136. The molecule has 0 radical (unpaired) electrons. The van der Waals surface area contributed by atoms with E-state index in [-0.39, 0.29) is 23.6 Å². The zero-order chi connectivity index (χ0) is 28.5. The van der Waals surface area contributed by atoms with E-state index in [0.717, 1.165) is 23.1 Å². The van der Waals surface area contributed by atoms with Crippen LogP contribution >= 0.6 is 0 Å². The Morgan fingerprint density at radius 3 is 2.00 bits per heavy atom. The van der Waals surface area contributed by atoms with Crippen LogP contribution in [0.1, 0.15) is 43.4 Å². The minimum absolute atomic E-state index is 0.0284. The van der Waals surface area contributed by atoms with Gasteiger partial charge in [0.2, 0.25) is 23.6 Å². The van der Waals surface area contributed by atoms with Crippen molar-refractivity contribution in [1.82, 2.24) is 10.2 Å². The summed E-state index contributed by atoms with van der Waals surface area (Å²) in [6, 6.07) is 23.4. The Kier molecular flexibility index (Phi) is 9.46. The van der Waals surface area contributed by atoms with Gasteiger partial charge in [0.25, 0.3) is 0 Å². The molecule has 1 saturated heterocycles. The summed E-state index contributed by atoms with van der Waals surface area (Å²) in [6.45, 7) is 3.59. The van der Waals surface area contributed by atoms with Crippen LogP contribution in [0.2, 0.25) is 0 Å². The molecule has 0 saturated carbocycles. The molecule has 3 aromatic rings. The summed E-state index contributed by atoms with van der Waals surface area (Å²) in [4.78, 5) is 50.8. The molecule has 2 atom stereocenters. The molecule has 0 spiro atoms. The number of carbonyl (C=O) groups is 4. The monoisotopic (exact) mass is 538 g/mol. The van der Waals surface area contributed by atoms with Gasteiger partial charge in [-0.15, -0.1) is 0 Å². The van der Waals surface area contributed by atoms with E-state index in [2.05, 4.69) is 16.0 Å². The van der Waals surface area contributed by atoms with Crippen LogP contribution in [0.5, 0.6) is 0 Å². The maximum Gasteiger partial charge on any atom is 0.247 e. The zero-order valence-corrected chi connectivity index (χ0v) is 22.7. The second-order valence-corrected chi connectivity index (χ2v) is 9.89. The Labute approximate surface area is 234 Å². The molecule has 4 amide bonds. The molecule has 3 N–H and O–H groups in total. The number of nitrogens with zero attached hydrogens (tertiary/aromatic N) is 1. The van der Waals surface area contributed by atoms with Crippen LogP contribution in [-0.2, 0) is 25.6 Å². The molecule has 4 rings (SSSR count). The number of carbonyl (C=O) groups excluding carboxylic acids is 4. The van der Waals surface area contributed by atoms with E-state index in [1.54, 1.807) is 24.0 Å². The smallest absolute Gasteiger partial charge is 0.247 e. The fourth-order valence-corrected chi connectivity index (χ4v) is 4.60. The molecule has 40 heavy (non-hydrogen) atoms. The second kappa shape index (κ2) is 13.4. The molecular formula is C32H34N4O4. The van der Waals surface area contributed by atoms with Gasteiger partial charge in [-0.3, -0.25) is 19.2 Å². The van der Waals surface area contributed by atoms with Gasteiger partial charge in [-0.25, -0.2) is 0 Å². The molecule has 3 aromatic carbocycles. The van der Waals surface area contributed by atoms with Crippen LogP contribution in [0.25, 0.3) is 12.2 Å². The van der Waals surface area contributed by atoms with Crippen molar-refractivity contribution >= 4 is 47.2 Å². The number of hydrogen-bond acceptors (Lipinski definition) is 4. The molecule has 0 aliphatic carbocycles. The zero-order valence-electron chi connectivity index (χ0n) is 22.7. The van der Waals surface area contributed by atoms with Gasteiger partial charge in [0.05, 0.1) is 6.42 Å². The quantitative estimate of drug-likeness (QED) is 0.349. The maximum absolute atomic E-state index is 13.0. The molecule has 8 nitrogen and oxygen atoms in total. The molecular weight excluding hydrogens is 504 g/mol. The highest BCUT2D eigenvalue weighted by Crippen LogP contribution is 2.21. The van der Waals surface area contributed by atoms with Crippen LogP contribution in [0.3, 0.4) is 0 Å². The highest BCUT2D eigenvalue weighted by Gasteiger charge is 2.33. The van der Waals surface area contributed by atoms with E-state index >= 15 is 0 Å². The molecule has 0 bridgehead atoms. The minimum Gasteiger partial charge on any atom is -0.345 e. The Morgan fingerprint density at radius 1 is 0.850 bits per heavy atom. The third-order valence-corrected chi connectivity index (χ3v) is 6.71. The van der Waals surface area contributed by atoms with Crippen molar-refractivity contribution in [2.45, 2.75) is 45.2 Å². The van der Waals surface area contributed by atoms with Crippen molar-refractivity contribution in [2.24, 2.45) is 0 Å². The highest BCUT2D eigenvalue weighted by atomic mass is 16.2. The predicted octanol–water partition coefficient (Wildman–Crippen LogP) is 4.49. The van der Waals surface area contributed by atoms with Crippen LogP contribution in [-0.4, -0.2) is 47.2 Å². The largest absolute Gasteiger partial charge is 0.345 e. The van der Waals surface area contributed by atoms with Gasteiger partial charge in [-0.05, 0) is 60.7 Å². The van der Waals surface area contributed by atoms with Crippen LogP contribution in [0, 0.1) is 0 Å². The summed E-state index contributed by atoms with van der Waals surface area (Å²) in [5, 5.41) is 8.29. The second-order valence-electron chi connectivity index (χ2n) is 9.89. The van der Waals surface area contributed by atoms with Crippen LogP contribution in [0.15, 0.2) is 78.9 Å². The van der Waals surface area contributed by atoms with Crippen molar-refractivity contribution in [3.8, 4) is 0 Å². The van der Waals surface area contributed by atoms with E-state index in [4.69, 9.17) is 0 Å². The lowest BCUT2D eigenvalue weighted by Gasteiger charge is -2.24. The van der Waals surface area contributed by atoms with Crippen molar-refractivity contribution in [2.75, 3.05) is 17.2 Å². The summed E-state index contributed by atoms with van der Waals surface area (Å²) in [5.74, 6) is -0.740. The first kappa shape index (κ1) is 28.3. The minimum atomic E-state index is -0.621. The summed E-state index contributed by atoms with van der Waals surface area (Å²) in [6.07, 6.45) is 5.67. The molecule has 1 heterocycles. The average Bonchev–Trinajstić information content (AvgIpc) is 3.44. The van der Waals surface area contributed by atoms with Crippen molar-refractivity contribution in [3.63, 3.8) is 0 Å². The van der Waals surface area contributed by atoms with E-state index in [9.17, 15) is 19.2 Å². The van der Waals surface area contributed by atoms with Gasteiger partial charge in [0.1, 0.15) is 12.1 Å². The molecule has 8 heteroatoms. The van der Waals surface area contributed by atoms with Gasteiger partial charge in [-0.1, -0.05) is 66.7 Å². The first-order chi connectivity index (χ1) is 19.3. The molecule has 0 unspecified atom stereocenters. The number of anilines is 2. The van der Waals surface area contributed by atoms with Crippen molar-refractivity contribution in [3.05, 3.63) is 95.6 Å². The third kappa shape index (κ3) is 7.89. The number of amides is 4. The molecule has 1 aliphatic heterocycles. The number of hydrogen-bond donors (Lipinski definition) is 3. The average molecular weight is 539 g/mol. The Bertz CT molecular complexity index is 1370. The lowest BCUT2D eigenvalue weighted by Crippen LogP contribution is -2.43. The Morgan fingerprint density at radius 2 is 1.43 bits per heavy atom. The fraction of sp³-hybridized carbons (Fsp3) is 0.250. The first-order valence-electron chi connectivity index (χ1n) is 13.4. The lowest BCUT2D eigenvalue weighted by atomic mass is 10.1. The van der Waals surface area contributed by atoms with Gasteiger partial charge >= 0.3 is 0 Å².